The number of nitrogens with two attached hydrogens (primary N) is 1. The second kappa shape index (κ2) is 9.85. The second-order valence-corrected chi connectivity index (χ2v) is 9.28. The summed E-state index contributed by atoms with van der Waals surface area (Å²) in [4.78, 5) is 22.9. The summed E-state index contributed by atoms with van der Waals surface area (Å²) in [5.74, 6) is -6.30. The molecule has 8 nitrogen and oxygen atoms in total. The molecule has 0 amide bonds. The van der Waals surface area contributed by atoms with Gasteiger partial charge in [0.1, 0.15) is 28.0 Å². The molecule has 0 saturated heterocycles. The number of allylic oxidation sites excluding steroid dienone is 1. The zero-order chi connectivity index (χ0) is 26.9. The SMILES string of the molecule is CN=CC(=CN)c1cnc2[nH]cc(C(=O)c3c(F)ccc(NS(=O)(=O)c4cc(F)ccc4F)c3F)c2c1. The van der Waals surface area contributed by atoms with Crippen molar-refractivity contribution in [2.75, 3.05) is 11.8 Å². The third-order valence-electron chi connectivity index (χ3n) is 5.30. The molecule has 4 rings (SSSR count). The Morgan fingerprint density at radius 2 is 1.84 bits per heavy atom. The van der Waals surface area contributed by atoms with Gasteiger partial charge in [-0.05, 0) is 36.4 Å². The largest absolute Gasteiger partial charge is 0.404 e. The summed E-state index contributed by atoms with van der Waals surface area (Å²) in [5, 5.41) is 0.206. The van der Waals surface area contributed by atoms with Crippen LogP contribution in [0.4, 0.5) is 23.2 Å². The third-order valence-corrected chi connectivity index (χ3v) is 6.68. The smallest absolute Gasteiger partial charge is 0.265 e. The zero-order valence-corrected chi connectivity index (χ0v) is 19.7. The van der Waals surface area contributed by atoms with Gasteiger partial charge in [0.2, 0.25) is 5.78 Å². The number of aromatic nitrogens is 2. The quantitative estimate of drug-likeness (QED) is 0.187. The van der Waals surface area contributed by atoms with E-state index in [4.69, 9.17) is 5.73 Å². The van der Waals surface area contributed by atoms with E-state index in [1.54, 1.807) is 4.72 Å². The van der Waals surface area contributed by atoms with E-state index < -0.39 is 55.2 Å². The number of carbonyl (C=O) groups is 1. The van der Waals surface area contributed by atoms with E-state index in [1.165, 1.54) is 37.9 Å². The molecule has 0 fully saturated rings. The summed E-state index contributed by atoms with van der Waals surface area (Å²) >= 11 is 0. The summed E-state index contributed by atoms with van der Waals surface area (Å²) in [5.41, 5.74) is 4.69. The number of hydrogen-bond donors (Lipinski definition) is 3. The van der Waals surface area contributed by atoms with E-state index >= 15 is 4.39 Å². The number of halogens is 4. The Kier molecular flexibility index (Phi) is 6.81. The normalized spacial score (nSPS) is 12.4. The number of aliphatic imine (C=N–C) groups is 1. The van der Waals surface area contributed by atoms with Crippen LogP contribution in [0, 0.1) is 23.3 Å². The number of carbonyl (C=O) groups excluding carboxylic acids is 1. The average Bonchev–Trinajstić information content (AvgIpc) is 3.29. The molecule has 0 atom stereocenters. The molecule has 0 aliphatic rings. The van der Waals surface area contributed by atoms with Crippen LogP contribution in [-0.4, -0.2) is 37.4 Å². The maximum absolute atomic E-state index is 15.3. The molecule has 0 bridgehead atoms. The summed E-state index contributed by atoms with van der Waals surface area (Å²) in [6.45, 7) is 0. The number of ketones is 1. The fourth-order valence-electron chi connectivity index (χ4n) is 3.56. The average molecular weight is 531 g/mol. The first-order valence-electron chi connectivity index (χ1n) is 10.4. The Labute approximate surface area is 207 Å². The number of aromatic amines is 1. The van der Waals surface area contributed by atoms with Crippen molar-refractivity contribution >= 4 is 44.3 Å². The lowest BCUT2D eigenvalue weighted by Crippen LogP contribution is -2.17. The van der Waals surface area contributed by atoms with Gasteiger partial charge in [0, 0.05) is 53.9 Å². The van der Waals surface area contributed by atoms with Crippen LogP contribution >= 0.6 is 0 Å². The summed E-state index contributed by atoms with van der Waals surface area (Å²) < 4.78 is 84.4. The first kappa shape index (κ1) is 25.6. The van der Waals surface area contributed by atoms with Gasteiger partial charge in [-0.3, -0.25) is 14.5 Å². The third kappa shape index (κ3) is 4.80. The topological polar surface area (TPSA) is 130 Å². The maximum Gasteiger partial charge on any atom is 0.265 e. The number of benzene rings is 2. The Morgan fingerprint density at radius 3 is 2.54 bits per heavy atom. The van der Waals surface area contributed by atoms with E-state index in [2.05, 4.69) is 15.0 Å². The molecule has 0 aliphatic heterocycles. The van der Waals surface area contributed by atoms with Crippen molar-refractivity contribution < 1.29 is 30.8 Å². The number of fused-ring (bicyclic) bond motifs is 1. The van der Waals surface area contributed by atoms with Crippen molar-refractivity contribution in [3.05, 3.63) is 95.0 Å². The summed E-state index contributed by atoms with van der Waals surface area (Å²) in [7, 11) is -3.32. The van der Waals surface area contributed by atoms with Crippen molar-refractivity contribution in [1.82, 2.24) is 9.97 Å². The van der Waals surface area contributed by atoms with Crippen molar-refractivity contribution in [2.45, 2.75) is 4.90 Å². The number of hydrogen-bond acceptors (Lipinski definition) is 6. The molecule has 2 aromatic heterocycles. The lowest BCUT2D eigenvalue weighted by molar-refractivity contribution is 0.103. The number of rotatable bonds is 7. The van der Waals surface area contributed by atoms with E-state index in [9.17, 15) is 26.4 Å². The van der Waals surface area contributed by atoms with Gasteiger partial charge in [-0.15, -0.1) is 0 Å². The molecule has 4 N–H and O–H groups in total. The van der Waals surface area contributed by atoms with Crippen LogP contribution < -0.4 is 10.5 Å². The standard InChI is InChI=1S/C24H17F4N5O3S/c1-30-9-13(8-29)12-6-15-16(11-32-24(15)31-10-12)23(34)21-18(27)4-5-19(22(21)28)33-37(35,36)20-7-14(25)2-3-17(20)26/h2-11,33H,29H2,1H3,(H,31,32). The van der Waals surface area contributed by atoms with Gasteiger partial charge in [0.05, 0.1) is 11.3 Å². The molecule has 0 radical (unpaired) electrons. The first-order chi connectivity index (χ1) is 17.6. The van der Waals surface area contributed by atoms with Gasteiger partial charge in [0.25, 0.3) is 10.0 Å². The van der Waals surface area contributed by atoms with Gasteiger partial charge < -0.3 is 10.7 Å². The molecule has 0 saturated carbocycles. The van der Waals surface area contributed by atoms with Crippen molar-refractivity contribution in [3.8, 4) is 0 Å². The van der Waals surface area contributed by atoms with E-state index in [0.29, 0.717) is 41.5 Å². The Morgan fingerprint density at radius 1 is 1.11 bits per heavy atom. The second-order valence-electron chi connectivity index (χ2n) is 7.63. The number of nitrogens with zero attached hydrogens (tertiary/aromatic N) is 2. The monoisotopic (exact) mass is 531 g/mol. The fraction of sp³-hybridized carbons (Fsp3) is 0.0417. The predicted octanol–water partition coefficient (Wildman–Crippen LogP) is 4.15. The van der Waals surface area contributed by atoms with E-state index in [-0.39, 0.29) is 16.6 Å². The number of pyridine rings is 1. The van der Waals surface area contributed by atoms with Gasteiger partial charge in [-0.25, -0.2) is 31.0 Å². The lowest BCUT2D eigenvalue weighted by atomic mass is 10.00. The van der Waals surface area contributed by atoms with Gasteiger partial charge in [-0.2, -0.15) is 0 Å². The van der Waals surface area contributed by atoms with Crippen LogP contribution in [0.2, 0.25) is 0 Å². The number of H-pyrrole nitrogens is 1. The number of sulfonamides is 1. The first-order valence-corrected chi connectivity index (χ1v) is 11.9. The Hall–Kier alpha value is -4.52. The van der Waals surface area contributed by atoms with Crippen LogP contribution in [0.3, 0.4) is 0 Å². The molecular formula is C24H17F4N5O3S. The molecule has 0 aliphatic carbocycles. The highest BCUT2D eigenvalue weighted by molar-refractivity contribution is 7.92. The molecule has 190 valence electrons. The maximum atomic E-state index is 15.3. The van der Waals surface area contributed by atoms with Crippen molar-refractivity contribution in [1.29, 1.82) is 0 Å². The minimum Gasteiger partial charge on any atom is -0.404 e. The molecular weight excluding hydrogens is 514 g/mol. The van der Waals surface area contributed by atoms with Crippen molar-refractivity contribution in [3.63, 3.8) is 0 Å². The molecule has 2 heterocycles. The highest BCUT2D eigenvalue weighted by atomic mass is 32.2. The molecule has 13 heteroatoms. The Bertz CT molecular complexity index is 1720. The van der Waals surface area contributed by atoms with Gasteiger partial charge in [0.15, 0.2) is 5.82 Å². The van der Waals surface area contributed by atoms with E-state index in [1.807, 2.05) is 0 Å². The van der Waals surface area contributed by atoms with Crippen LogP contribution in [0.15, 0.2) is 64.9 Å². The van der Waals surface area contributed by atoms with Crippen LogP contribution in [-0.2, 0) is 10.0 Å². The molecule has 37 heavy (non-hydrogen) atoms. The number of anilines is 1. The van der Waals surface area contributed by atoms with Gasteiger partial charge >= 0.3 is 0 Å². The minimum atomic E-state index is -4.84. The molecule has 4 aromatic rings. The lowest BCUT2D eigenvalue weighted by Gasteiger charge is -2.12. The highest BCUT2D eigenvalue weighted by Gasteiger charge is 2.27. The molecule has 2 aromatic carbocycles. The van der Waals surface area contributed by atoms with Crippen LogP contribution in [0.5, 0.6) is 0 Å². The van der Waals surface area contributed by atoms with Crippen LogP contribution in [0.1, 0.15) is 21.5 Å². The number of nitrogens with one attached hydrogen (secondary N) is 2. The zero-order valence-electron chi connectivity index (χ0n) is 18.9. The predicted molar refractivity (Wildman–Crippen MR) is 130 cm³/mol. The fourth-order valence-corrected chi connectivity index (χ4v) is 4.71. The Balaban J connectivity index is 1.78. The molecule has 0 spiro atoms. The van der Waals surface area contributed by atoms with Crippen molar-refractivity contribution in [2.24, 2.45) is 10.7 Å². The highest BCUT2D eigenvalue weighted by Crippen LogP contribution is 2.29. The van der Waals surface area contributed by atoms with E-state index in [0.717, 1.165) is 0 Å². The summed E-state index contributed by atoms with van der Waals surface area (Å²) in [6, 6.07) is 4.58. The summed E-state index contributed by atoms with van der Waals surface area (Å²) in [6.07, 6.45) is 5.37. The van der Waals surface area contributed by atoms with Crippen LogP contribution in [0.25, 0.3) is 16.6 Å². The van der Waals surface area contributed by atoms with Gasteiger partial charge in [-0.1, -0.05) is 0 Å². The minimum absolute atomic E-state index is 0.164. The molecule has 0 unspecified atom stereocenters.